The Bertz CT molecular complexity index is 836. The lowest BCUT2D eigenvalue weighted by Crippen LogP contribution is -2.29. The molecular formula is C22H25F3O6. The van der Waals surface area contributed by atoms with Crippen molar-refractivity contribution in [3.05, 3.63) is 59.7 Å². The van der Waals surface area contributed by atoms with E-state index in [4.69, 9.17) is 14.2 Å². The van der Waals surface area contributed by atoms with E-state index in [1.165, 1.54) is 12.1 Å². The van der Waals surface area contributed by atoms with Crippen molar-refractivity contribution >= 4 is 5.97 Å². The molecule has 0 aromatic heterocycles. The van der Waals surface area contributed by atoms with Crippen molar-refractivity contribution in [2.75, 3.05) is 13.2 Å². The summed E-state index contributed by atoms with van der Waals surface area (Å²) in [6, 6.07) is 10.9. The van der Waals surface area contributed by atoms with Crippen molar-refractivity contribution < 1.29 is 42.4 Å². The normalized spacial score (nSPS) is 13.6. The zero-order valence-electron chi connectivity index (χ0n) is 17.1. The van der Waals surface area contributed by atoms with E-state index in [2.05, 4.69) is 0 Å². The molecular weight excluding hydrogens is 417 g/mol. The monoisotopic (exact) mass is 442 g/mol. The summed E-state index contributed by atoms with van der Waals surface area (Å²) < 4.78 is 53.9. The number of hydrogen-bond acceptors (Lipinski definition) is 5. The third-order valence-corrected chi connectivity index (χ3v) is 4.10. The minimum absolute atomic E-state index is 0.116. The van der Waals surface area contributed by atoms with E-state index in [9.17, 15) is 28.2 Å². The number of benzene rings is 2. The van der Waals surface area contributed by atoms with Crippen molar-refractivity contribution in [3.8, 4) is 11.5 Å². The highest BCUT2D eigenvalue weighted by molar-refractivity contribution is 5.72. The number of hydrogen-bond donors (Lipinski definition) is 2. The molecule has 0 amide bonds. The molecule has 0 aliphatic rings. The molecule has 0 aliphatic heterocycles. The van der Waals surface area contributed by atoms with Crippen LogP contribution in [0.2, 0.25) is 0 Å². The fraction of sp³-hybridized carbons (Fsp3) is 0.409. The molecule has 2 aromatic carbocycles. The molecule has 0 heterocycles. The van der Waals surface area contributed by atoms with Crippen molar-refractivity contribution in [2.24, 2.45) is 0 Å². The second-order valence-electron chi connectivity index (χ2n) is 7.16. The summed E-state index contributed by atoms with van der Waals surface area (Å²) in [7, 11) is 0. The van der Waals surface area contributed by atoms with Gasteiger partial charge >= 0.3 is 12.1 Å². The Morgan fingerprint density at radius 1 is 1.00 bits per heavy atom. The van der Waals surface area contributed by atoms with Crippen LogP contribution in [0, 0.1) is 0 Å². The highest BCUT2D eigenvalue weighted by Gasteiger charge is 2.30. The first-order valence-corrected chi connectivity index (χ1v) is 9.62. The SMILES string of the molecule is CC(C)OC(Cc1cccc(OCC(O)COc2ccc(C(F)(F)F)cc2)c1)C(=O)O. The fourth-order valence-electron chi connectivity index (χ4n) is 2.67. The van der Waals surface area contributed by atoms with E-state index in [0.29, 0.717) is 11.3 Å². The molecule has 2 aromatic rings. The summed E-state index contributed by atoms with van der Waals surface area (Å²) in [5.41, 5.74) is -0.0893. The molecule has 0 saturated heterocycles. The number of aliphatic hydroxyl groups is 1. The maximum absolute atomic E-state index is 12.6. The quantitative estimate of drug-likeness (QED) is 0.548. The lowest BCUT2D eigenvalue weighted by molar-refractivity contribution is -0.153. The summed E-state index contributed by atoms with van der Waals surface area (Å²) in [4.78, 5) is 11.3. The van der Waals surface area contributed by atoms with Gasteiger partial charge in [0.2, 0.25) is 0 Å². The zero-order chi connectivity index (χ0) is 23.0. The van der Waals surface area contributed by atoms with Gasteiger partial charge < -0.3 is 24.4 Å². The first kappa shape index (κ1) is 24.5. The van der Waals surface area contributed by atoms with Crippen LogP contribution in [0.1, 0.15) is 25.0 Å². The number of aliphatic carboxylic acids is 1. The molecule has 2 unspecified atom stereocenters. The van der Waals surface area contributed by atoms with Crippen molar-refractivity contribution in [3.63, 3.8) is 0 Å². The second-order valence-corrected chi connectivity index (χ2v) is 7.16. The third kappa shape index (κ3) is 8.47. The van der Waals surface area contributed by atoms with Crippen LogP contribution in [-0.2, 0) is 22.1 Å². The number of ether oxygens (including phenoxy) is 3. The van der Waals surface area contributed by atoms with E-state index >= 15 is 0 Å². The van der Waals surface area contributed by atoms with E-state index < -0.39 is 29.9 Å². The predicted octanol–water partition coefficient (Wildman–Crippen LogP) is 3.94. The Kier molecular flexibility index (Phi) is 8.70. The molecule has 0 spiro atoms. The summed E-state index contributed by atoms with van der Waals surface area (Å²) in [6.45, 7) is 3.22. The number of halogens is 3. The Hall–Kier alpha value is -2.78. The molecule has 0 fully saturated rings. The average Bonchev–Trinajstić information content (AvgIpc) is 2.70. The molecule has 0 aliphatic carbocycles. The van der Waals surface area contributed by atoms with Crippen LogP contribution in [0.5, 0.6) is 11.5 Å². The van der Waals surface area contributed by atoms with Crippen molar-refractivity contribution in [1.29, 1.82) is 0 Å². The fourth-order valence-corrected chi connectivity index (χ4v) is 2.67. The number of carbonyl (C=O) groups is 1. The van der Waals surface area contributed by atoms with Gasteiger partial charge in [-0.3, -0.25) is 0 Å². The van der Waals surface area contributed by atoms with Gasteiger partial charge in [0.15, 0.2) is 6.10 Å². The highest BCUT2D eigenvalue weighted by atomic mass is 19.4. The van der Waals surface area contributed by atoms with Crippen LogP contribution in [0.3, 0.4) is 0 Å². The molecule has 0 bridgehead atoms. The van der Waals surface area contributed by atoms with E-state index in [1.54, 1.807) is 38.1 Å². The second kappa shape index (κ2) is 11.0. The van der Waals surface area contributed by atoms with Gasteiger partial charge in [0.1, 0.15) is 30.8 Å². The van der Waals surface area contributed by atoms with Gasteiger partial charge in [-0.15, -0.1) is 0 Å². The van der Waals surface area contributed by atoms with Crippen LogP contribution in [0.15, 0.2) is 48.5 Å². The lowest BCUT2D eigenvalue weighted by Gasteiger charge is -2.17. The number of alkyl halides is 3. The Morgan fingerprint density at radius 2 is 1.61 bits per heavy atom. The molecule has 170 valence electrons. The number of rotatable bonds is 11. The number of carboxylic acid groups (broad SMARTS) is 1. The first-order valence-electron chi connectivity index (χ1n) is 9.62. The molecule has 0 radical (unpaired) electrons. The van der Waals surface area contributed by atoms with Gasteiger partial charge in [-0.2, -0.15) is 13.2 Å². The molecule has 2 rings (SSSR count). The van der Waals surface area contributed by atoms with Gasteiger partial charge in [0, 0.05) is 6.42 Å². The smallest absolute Gasteiger partial charge is 0.416 e. The third-order valence-electron chi connectivity index (χ3n) is 4.10. The number of carboxylic acids is 1. The van der Waals surface area contributed by atoms with Gasteiger partial charge in [0.25, 0.3) is 0 Å². The van der Waals surface area contributed by atoms with Gasteiger partial charge in [0.05, 0.1) is 11.7 Å². The lowest BCUT2D eigenvalue weighted by atomic mass is 10.1. The Balaban J connectivity index is 1.84. The largest absolute Gasteiger partial charge is 0.491 e. The minimum atomic E-state index is -4.42. The highest BCUT2D eigenvalue weighted by Crippen LogP contribution is 2.30. The minimum Gasteiger partial charge on any atom is -0.491 e. The van der Waals surface area contributed by atoms with Crippen molar-refractivity contribution in [1.82, 2.24) is 0 Å². The summed E-state index contributed by atoms with van der Waals surface area (Å²) in [5.74, 6) is -0.436. The van der Waals surface area contributed by atoms with E-state index in [-0.39, 0.29) is 31.5 Å². The molecule has 2 atom stereocenters. The summed E-state index contributed by atoms with van der Waals surface area (Å²) in [6.07, 6.45) is -6.52. The van der Waals surface area contributed by atoms with E-state index in [1.807, 2.05) is 0 Å². The topological polar surface area (TPSA) is 85.2 Å². The average molecular weight is 442 g/mol. The standard InChI is InChI=1S/C22H25F3O6/c1-14(2)31-20(21(27)28)11-15-4-3-5-19(10-15)30-13-17(26)12-29-18-8-6-16(7-9-18)22(23,24)25/h3-10,14,17,20,26H,11-13H2,1-2H3,(H,27,28). The molecule has 0 saturated carbocycles. The Labute approximate surface area is 178 Å². The Morgan fingerprint density at radius 3 is 2.16 bits per heavy atom. The van der Waals surface area contributed by atoms with Gasteiger partial charge in [-0.05, 0) is 55.8 Å². The molecule has 6 nitrogen and oxygen atoms in total. The number of aliphatic hydroxyl groups excluding tert-OH is 1. The first-order chi connectivity index (χ1) is 14.5. The van der Waals surface area contributed by atoms with Crippen LogP contribution in [-0.4, -0.2) is 47.7 Å². The van der Waals surface area contributed by atoms with E-state index in [0.717, 1.165) is 12.1 Å². The molecule has 31 heavy (non-hydrogen) atoms. The van der Waals surface area contributed by atoms with Crippen LogP contribution in [0.25, 0.3) is 0 Å². The van der Waals surface area contributed by atoms with Crippen LogP contribution < -0.4 is 9.47 Å². The predicted molar refractivity (Wildman–Crippen MR) is 106 cm³/mol. The molecule has 9 heteroatoms. The van der Waals surface area contributed by atoms with Crippen LogP contribution in [0.4, 0.5) is 13.2 Å². The van der Waals surface area contributed by atoms with Crippen molar-refractivity contribution in [2.45, 2.75) is 44.8 Å². The zero-order valence-corrected chi connectivity index (χ0v) is 17.1. The summed E-state index contributed by atoms with van der Waals surface area (Å²) in [5, 5.41) is 19.3. The molecule has 2 N–H and O–H groups in total. The van der Waals surface area contributed by atoms with Gasteiger partial charge in [-0.25, -0.2) is 4.79 Å². The maximum atomic E-state index is 12.6. The summed E-state index contributed by atoms with van der Waals surface area (Å²) >= 11 is 0. The van der Waals surface area contributed by atoms with Crippen LogP contribution >= 0.6 is 0 Å². The maximum Gasteiger partial charge on any atom is 0.416 e. The van der Waals surface area contributed by atoms with Gasteiger partial charge in [-0.1, -0.05) is 12.1 Å².